The van der Waals surface area contributed by atoms with E-state index in [9.17, 15) is 76.6 Å². The van der Waals surface area contributed by atoms with Crippen LogP contribution in [0, 0.1) is 0 Å². The summed E-state index contributed by atoms with van der Waals surface area (Å²) >= 11 is 0. The number of ether oxygens (including phenoxy) is 11. The third-order valence-electron chi connectivity index (χ3n) is 10.8. The average molecular weight is 857 g/mol. The highest BCUT2D eigenvalue weighted by Gasteiger charge is 2.56. The fourth-order valence-electron chi connectivity index (χ4n) is 7.38. The molecule has 5 fully saturated rings. The van der Waals surface area contributed by atoms with Crippen molar-refractivity contribution in [2.24, 2.45) is 0 Å². The first-order chi connectivity index (χ1) is 27.6. The van der Waals surface area contributed by atoms with Crippen molar-refractivity contribution in [1.29, 1.82) is 0 Å². The summed E-state index contributed by atoms with van der Waals surface area (Å²) in [5.74, 6) is 0. The van der Waals surface area contributed by atoms with E-state index in [1.54, 1.807) is 0 Å². The van der Waals surface area contributed by atoms with Crippen LogP contribution < -0.4 is 0 Å². The Morgan fingerprint density at radius 3 is 1.07 bits per heavy atom. The molecule has 0 spiro atoms. The summed E-state index contributed by atoms with van der Waals surface area (Å²) in [5, 5.41) is 158. The van der Waals surface area contributed by atoms with Gasteiger partial charge in [-0.15, -0.1) is 0 Å². The van der Waals surface area contributed by atoms with E-state index in [0.717, 1.165) is 0 Å². The average Bonchev–Trinajstić information content (AvgIpc) is 3.22. The van der Waals surface area contributed by atoms with Crippen LogP contribution >= 0.6 is 0 Å². The second-order valence-electron chi connectivity index (χ2n) is 14.4. The van der Waals surface area contributed by atoms with Crippen molar-refractivity contribution in [2.45, 2.75) is 154 Å². The molecular formula is C32H56O26. The van der Waals surface area contributed by atoms with Crippen molar-refractivity contribution in [3.05, 3.63) is 0 Å². The Morgan fingerprint density at radius 2 is 0.655 bits per heavy atom. The van der Waals surface area contributed by atoms with Crippen molar-refractivity contribution in [3.63, 3.8) is 0 Å². The lowest BCUT2D eigenvalue weighted by atomic mass is 9.95. The van der Waals surface area contributed by atoms with E-state index in [0.29, 0.717) is 0 Å². The Hall–Kier alpha value is -1.04. The largest absolute Gasteiger partial charge is 0.394 e. The molecule has 5 rings (SSSR count). The van der Waals surface area contributed by atoms with Crippen LogP contribution in [0.15, 0.2) is 0 Å². The minimum atomic E-state index is -2.13. The molecular weight excluding hydrogens is 800 g/mol. The Balaban J connectivity index is 1.34. The van der Waals surface area contributed by atoms with Crippen molar-refractivity contribution in [1.82, 2.24) is 0 Å². The summed E-state index contributed by atoms with van der Waals surface area (Å²) in [6, 6.07) is 0. The second-order valence-corrected chi connectivity index (χ2v) is 14.4. The standard InChI is InChI=1S/C32H56O26/c1-48-24-9(4-34)53-30(21(45)15(24)39)58-27-12(7-50-29-19(43)14(38)13(37)8(3-33)51-29)55-32(23(47)18(27)42)57-26-11(6-36)54-31(22(46)17(26)41)56-25-10(5-35)52-28(49-2)20(44)16(25)40/h8-47H,3-7H2,1-2H3/t8?,9-,10?,11-,12?,13-,14-,15?,16+,17?,18+,19?,20?,21?,22?,23?,24+,25+,26+,27+,28+,29-,30-,31-,32-/m0/s1. The zero-order chi connectivity index (χ0) is 42.7. The minimum absolute atomic E-state index is 0.725. The molecule has 26 heteroatoms. The summed E-state index contributed by atoms with van der Waals surface area (Å²) in [6.07, 6.45) is -43.4. The van der Waals surface area contributed by atoms with Gasteiger partial charge in [0.25, 0.3) is 0 Å². The SMILES string of the molecule is CO[C@@H]1OC(CO)[C@@H](O[C@@H]2O[C@@H](CO)[C@@H](O[C@@H]3OC(CO[C@H]4OC(CO)[C@H](O)[C@H](O)C4O)[C@@H](O[C@@H]4O[C@@H](CO)[C@@H](OC)C(O)C4O)[C@H](O)C3O)C(O)C2O)[C@H](O)C1O. The molecule has 10 unspecified atom stereocenters. The van der Waals surface area contributed by atoms with Crippen molar-refractivity contribution < 1.29 is 129 Å². The van der Waals surface area contributed by atoms with E-state index in [2.05, 4.69) is 0 Å². The summed E-state index contributed by atoms with van der Waals surface area (Å²) in [7, 11) is 2.36. The van der Waals surface area contributed by atoms with E-state index in [-0.39, 0.29) is 0 Å². The predicted octanol–water partition coefficient (Wildman–Crippen LogP) is -10.6. The van der Waals surface area contributed by atoms with Crippen LogP contribution in [0.3, 0.4) is 0 Å². The highest BCUT2D eigenvalue weighted by molar-refractivity contribution is 4.98. The summed E-state index contributed by atoms with van der Waals surface area (Å²) in [5.41, 5.74) is 0. The normalized spacial score (nSPS) is 51.8. The van der Waals surface area contributed by atoms with E-state index in [1.165, 1.54) is 14.2 Å². The zero-order valence-electron chi connectivity index (χ0n) is 31.2. The van der Waals surface area contributed by atoms with Gasteiger partial charge in [-0.2, -0.15) is 0 Å². The maximum absolute atomic E-state index is 11.4. The molecule has 0 saturated carbocycles. The number of methoxy groups -OCH3 is 2. The molecule has 0 aromatic rings. The number of aliphatic hydroxyl groups excluding tert-OH is 15. The van der Waals surface area contributed by atoms with Crippen LogP contribution in [0.2, 0.25) is 0 Å². The van der Waals surface area contributed by atoms with Gasteiger partial charge in [0.15, 0.2) is 31.5 Å². The van der Waals surface area contributed by atoms with Crippen LogP contribution in [0.1, 0.15) is 0 Å². The highest BCUT2D eigenvalue weighted by atomic mass is 16.8. The lowest BCUT2D eigenvalue weighted by molar-refractivity contribution is -0.391. The number of hydrogen-bond donors (Lipinski definition) is 15. The van der Waals surface area contributed by atoms with Crippen LogP contribution in [0.25, 0.3) is 0 Å². The highest BCUT2D eigenvalue weighted by Crippen LogP contribution is 2.35. The van der Waals surface area contributed by atoms with Gasteiger partial charge in [-0.1, -0.05) is 0 Å². The Morgan fingerprint density at radius 1 is 0.328 bits per heavy atom. The topological polar surface area (TPSA) is 405 Å². The zero-order valence-corrected chi connectivity index (χ0v) is 31.2. The van der Waals surface area contributed by atoms with Crippen molar-refractivity contribution >= 4 is 0 Å². The van der Waals surface area contributed by atoms with Crippen LogP contribution in [0.5, 0.6) is 0 Å². The fraction of sp³-hybridized carbons (Fsp3) is 1.00. The second kappa shape index (κ2) is 20.9. The van der Waals surface area contributed by atoms with Gasteiger partial charge in [0.05, 0.1) is 33.0 Å². The lowest BCUT2D eigenvalue weighted by Gasteiger charge is -2.49. The maximum Gasteiger partial charge on any atom is 0.187 e. The smallest absolute Gasteiger partial charge is 0.187 e. The van der Waals surface area contributed by atoms with E-state index in [1.807, 2.05) is 0 Å². The molecule has 0 aromatic carbocycles. The number of hydrogen-bond acceptors (Lipinski definition) is 26. The van der Waals surface area contributed by atoms with Crippen LogP contribution in [-0.2, 0) is 52.1 Å². The number of aliphatic hydroxyl groups is 15. The molecule has 0 amide bonds. The maximum atomic E-state index is 11.4. The summed E-state index contributed by atoms with van der Waals surface area (Å²) < 4.78 is 60.7. The summed E-state index contributed by atoms with van der Waals surface area (Å²) in [4.78, 5) is 0. The van der Waals surface area contributed by atoms with Gasteiger partial charge in [0.1, 0.15) is 122 Å². The van der Waals surface area contributed by atoms with Gasteiger partial charge < -0.3 is 129 Å². The van der Waals surface area contributed by atoms with Crippen LogP contribution in [-0.4, -0.2) is 277 Å². The molecule has 5 saturated heterocycles. The monoisotopic (exact) mass is 856 g/mol. The summed E-state index contributed by atoms with van der Waals surface area (Å²) in [6.45, 7) is -4.05. The van der Waals surface area contributed by atoms with E-state index in [4.69, 9.17) is 52.1 Å². The molecule has 0 bridgehead atoms. The third-order valence-corrected chi connectivity index (χ3v) is 10.8. The molecule has 25 atom stereocenters. The lowest BCUT2D eigenvalue weighted by Crippen LogP contribution is -2.67. The molecule has 58 heavy (non-hydrogen) atoms. The van der Waals surface area contributed by atoms with Crippen molar-refractivity contribution in [2.75, 3.05) is 47.3 Å². The molecule has 15 N–H and O–H groups in total. The van der Waals surface area contributed by atoms with Gasteiger partial charge >= 0.3 is 0 Å². The molecule has 5 aliphatic rings. The molecule has 0 aromatic heterocycles. The van der Waals surface area contributed by atoms with Gasteiger partial charge in [-0.3, -0.25) is 0 Å². The Kier molecular flexibility index (Phi) is 17.3. The van der Waals surface area contributed by atoms with Gasteiger partial charge in [0, 0.05) is 14.2 Å². The van der Waals surface area contributed by atoms with Gasteiger partial charge in [0.2, 0.25) is 0 Å². The minimum Gasteiger partial charge on any atom is -0.394 e. The Labute approximate surface area is 329 Å². The molecule has 340 valence electrons. The molecule has 26 nitrogen and oxygen atoms in total. The van der Waals surface area contributed by atoms with Gasteiger partial charge in [-0.25, -0.2) is 0 Å². The molecule has 5 heterocycles. The number of rotatable bonds is 15. The van der Waals surface area contributed by atoms with E-state index < -0.39 is 187 Å². The quantitative estimate of drug-likeness (QED) is 0.0727. The first-order valence-corrected chi connectivity index (χ1v) is 18.4. The molecule has 0 radical (unpaired) electrons. The fourth-order valence-corrected chi connectivity index (χ4v) is 7.38. The van der Waals surface area contributed by atoms with Crippen LogP contribution in [0.4, 0.5) is 0 Å². The predicted molar refractivity (Wildman–Crippen MR) is 176 cm³/mol. The third kappa shape index (κ3) is 9.77. The first kappa shape index (κ1) is 48.0. The molecule has 5 aliphatic heterocycles. The van der Waals surface area contributed by atoms with Crippen molar-refractivity contribution in [3.8, 4) is 0 Å². The van der Waals surface area contributed by atoms with Gasteiger partial charge in [-0.05, 0) is 0 Å². The van der Waals surface area contributed by atoms with E-state index >= 15 is 0 Å². The molecule has 0 aliphatic carbocycles. The first-order valence-electron chi connectivity index (χ1n) is 18.4. The Bertz CT molecular complexity index is 1230.